The van der Waals surface area contributed by atoms with Crippen molar-refractivity contribution in [2.75, 3.05) is 12.4 Å². The summed E-state index contributed by atoms with van der Waals surface area (Å²) in [6.07, 6.45) is 3.00. The van der Waals surface area contributed by atoms with Crippen molar-refractivity contribution in [1.29, 1.82) is 0 Å². The molecule has 0 fully saturated rings. The minimum Gasteiger partial charge on any atom is -0.481 e. The molecule has 0 unspecified atom stereocenters. The second-order valence-corrected chi connectivity index (χ2v) is 3.67. The lowest BCUT2D eigenvalue weighted by Crippen LogP contribution is -2.01. The number of anilines is 1. The Hall–Kier alpha value is -2.70. The van der Waals surface area contributed by atoms with Gasteiger partial charge in [0.25, 0.3) is 0 Å². The van der Waals surface area contributed by atoms with E-state index in [9.17, 15) is 10.1 Å². The second kappa shape index (κ2) is 5.76. The third-order valence-electron chi connectivity index (χ3n) is 2.40. The number of nitro groups is 1. The van der Waals surface area contributed by atoms with Gasteiger partial charge in [-0.25, -0.2) is 4.98 Å². The molecule has 0 amide bonds. The van der Waals surface area contributed by atoms with Crippen LogP contribution in [0, 0.1) is 10.1 Å². The molecule has 98 valence electrons. The molecular formula is C12H12N4O3. The molecule has 1 N–H and O–H groups in total. The Labute approximate surface area is 109 Å². The van der Waals surface area contributed by atoms with E-state index in [0.717, 1.165) is 5.56 Å². The Balaban J connectivity index is 2.12. The molecule has 0 aliphatic rings. The van der Waals surface area contributed by atoms with Crippen LogP contribution in [0.3, 0.4) is 0 Å². The van der Waals surface area contributed by atoms with Gasteiger partial charge in [0.05, 0.1) is 0 Å². The van der Waals surface area contributed by atoms with Gasteiger partial charge in [0.1, 0.15) is 18.6 Å². The highest BCUT2D eigenvalue weighted by molar-refractivity contribution is 5.39. The van der Waals surface area contributed by atoms with Crippen molar-refractivity contribution in [2.24, 2.45) is 0 Å². The van der Waals surface area contributed by atoms with E-state index in [1.54, 1.807) is 25.4 Å². The number of aromatic nitrogens is 2. The van der Waals surface area contributed by atoms with Crippen molar-refractivity contribution >= 4 is 11.6 Å². The average molecular weight is 260 g/mol. The Morgan fingerprint density at radius 3 is 2.95 bits per heavy atom. The molecule has 0 radical (unpaired) electrons. The maximum absolute atomic E-state index is 10.8. The van der Waals surface area contributed by atoms with Crippen LogP contribution in [0.5, 0.6) is 5.75 Å². The summed E-state index contributed by atoms with van der Waals surface area (Å²) in [6, 6.07) is 6.70. The maximum Gasteiger partial charge on any atom is 0.406 e. The van der Waals surface area contributed by atoms with Gasteiger partial charge in [0.15, 0.2) is 0 Å². The lowest BCUT2D eigenvalue weighted by atomic mass is 10.3. The summed E-state index contributed by atoms with van der Waals surface area (Å²) in [5.74, 6) is 0.572. The predicted molar refractivity (Wildman–Crippen MR) is 69.0 cm³/mol. The first-order chi connectivity index (χ1) is 9.20. The van der Waals surface area contributed by atoms with E-state index in [2.05, 4.69) is 15.3 Å². The SMILES string of the molecule is CNc1cc(COc2cccnc2[N+](=O)[O-])ccn1. The molecular weight excluding hydrogens is 248 g/mol. The van der Waals surface area contributed by atoms with Crippen molar-refractivity contribution in [3.63, 3.8) is 0 Å². The molecule has 2 aromatic heterocycles. The van der Waals surface area contributed by atoms with Crippen LogP contribution in [0.15, 0.2) is 36.7 Å². The fourth-order valence-corrected chi connectivity index (χ4v) is 1.49. The fraction of sp³-hybridized carbons (Fsp3) is 0.167. The Morgan fingerprint density at radius 1 is 1.37 bits per heavy atom. The number of ether oxygens (including phenoxy) is 1. The Morgan fingerprint density at radius 2 is 2.21 bits per heavy atom. The summed E-state index contributed by atoms with van der Waals surface area (Å²) < 4.78 is 5.42. The number of hydrogen-bond acceptors (Lipinski definition) is 6. The summed E-state index contributed by atoms with van der Waals surface area (Å²) in [5.41, 5.74) is 0.859. The normalized spacial score (nSPS) is 9.95. The molecule has 2 heterocycles. The zero-order chi connectivity index (χ0) is 13.7. The number of nitrogens with one attached hydrogen (secondary N) is 1. The first kappa shape index (κ1) is 12.7. The highest BCUT2D eigenvalue weighted by Gasteiger charge is 2.15. The van der Waals surface area contributed by atoms with Gasteiger partial charge in [-0.2, -0.15) is 0 Å². The van der Waals surface area contributed by atoms with E-state index in [-0.39, 0.29) is 18.2 Å². The van der Waals surface area contributed by atoms with E-state index in [0.29, 0.717) is 5.82 Å². The average Bonchev–Trinajstić information content (AvgIpc) is 2.45. The fourth-order valence-electron chi connectivity index (χ4n) is 1.49. The van der Waals surface area contributed by atoms with Crippen LogP contribution < -0.4 is 10.1 Å². The molecule has 2 aromatic rings. The van der Waals surface area contributed by atoms with Crippen molar-refractivity contribution in [2.45, 2.75) is 6.61 Å². The molecule has 0 atom stereocenters. The van der Waals surface area contributed by atoms with Crippen molar-refractivity contribution in [3.8, 4) is 5.75 Å². The van der Waals surface area contributed by atoms with Crippen LogP contribution in [-0.4, -0.2) is 21.9 Å². The van der Waals surface area contributed by atoms with Crippen LogP contribution in [0.1, 0.15) is 5.56 Å². The lowest BCUT2D eigenvalue weighted by Gasteiger charge is -2.07. The zero-order valence-corrected chi connectivity index (χ0v) is 10.2. The van der Waals surface area contributed by atoms with Gasteiger partial charge in [-0.3, -0.25) is 0 Å². The van der Waals surface area contributed by atoms with Crippen molar-refractivity contribution in [1.82, 2.24) is 9.97 Å². The van der Waals surface area contributed by atoms with E-state index in [1.165, 1.54) is 12.3 Å². The predicted octanol–water partition coefficient (Wildman–Crippen LogP) is 2.01. The van der Waals surface area contributed by atoms with Crippen molar-refractivity contribution < 1.29 is 9.66 Å². The van der Waals surface area contributed by atoms with Crippen LogP contribution in [0.25, 0.3) is 0 Å². The highest BCUT2D eigenvalue weighted by Crippen LogP contribution is 2.24. The highest BCUT2D eigenvalue weighted by atomic mass is 16.6. The summed E-state index contributed by atoms with van der Waals surface area (Å²) in [7, 11) is 1.76. The van der Waals surface area contributed by atoms with Gasteiger partial charge in [-0.05, 0) is 39.7 Å². The van der Waals surface area contributed by atoms with Gasteiger partial charge in [0.2, 0.25) is 5.75 Å². The zero-order valence-electron chi connectivity index (χ0n) is 10.2. The van der Waals surface area contributed by atoms with E-state index < -0.39 is 4.92 Å². The van der Waals surface area contributed by atoms with E-state index in [4.69, 9.17) is 4.74 Å². The minimum atomic E-state index is -0.569. The Kier molecular flexibility index (Phi) is 3.87. The van der Waals surface area contributed by atoms with Gasteiger partial charge in [-0.15, -0.1) is 0 Å². The molecule has 0 aliphatic carbocycles. The molecule has 7 heteroatoms. The lowest BCUT2D eigenvalue weighted by molar-refractivity contribution is -0.390. The molecule has 2 rings (SSSR count). The first-order valence-electron chi connectivity index (χ1n) is 5.55. The van der Waals surface area contributed by atoms with Crippen LogP contribution >= 0.6 is 0 Å². The molecule has 0 bridgehead atoms. The topological polar surface area (TPSA) is 90.2 Å². The molecule has 7 nitrogen and oxygen atoms in total. The number of nitrogens with zero attached hydrogens (tertiary/aromatic N) is 3. The van der Waals surface area contributed by atoms with Gasteiger partial charge < -0.3 is 20.2 Å². The molecule has 0 saturated heterocycles. The van der Waals surface area contributed by atoms with E-state index >= 15 is 0 Å². The largest absolute Gasteiger partial charge is 0.481 e. The smallest absolute Gasteiger partial charge is 0.406 e. The summed E-state index contributed by atoms with van der Waals surface area (Å²) in [4.78, 5) is 18.0. The summed E-state index contributed by atoms with van der Waals surface area (Å²) in [5, 5.41) is 13.7. The summed E-state index contributed by atoms with van der Waals surface area (Å²) >= 11 is 0. The van der Waals surface area contributed by atoms with Crippen LogP contribution in [0.2, 0.25) is 0 Å². The Bertz CT molecular complexity index is 589. The number of rotatable bonds is 5. The third-order valence-corrected chi connectivity index (χ3v) is 2.40. The molecule has 0 spiro atoms. The second-order valence-electron chi connectivity index (χ2n) is 3.67. The number of pyridine rings is 2. The van der Waals surface area contributed by atoms with Gasteiger partial charge in [-0.1, -0.05) is 0 Å². The monoisotopic (exact) mass is 260 g/mol. The van der Waals surface area contributed by atoms with Gasteiger partial charge in [0, 0.05) is 13.2 Å². The van der Waals surface area contributed by atoms with Crippen molar-refractivity contribution in [3.05, 3.63) is 52.3 Å². The molecule has 0 aromatic carbocycles. The molecule has 0 aliphatic heterocycles. The molecule has 19 heavy (non-hydrogen) atoms. The number of hydrogen-bond donors (Lipinski definition) is 1. The standard InChI is InChI=1S/C12H12N4O3/c1-13-11-7-9(4-6-14-11)8-19-10-3-2-5-15-12(10)16(17)18/h2-7H,8H2,1H3,(H,13,14). The summed E-state index contributed by atoms with van der Waals surface area (Å²) in [6.45, 7) is 0.212. The minimum absolute atomic E-state index is 0.148. The van der Waals surface area contributed by atoms with Gasteiger partial charge >= 0.3 is 5.82 Å². The maximum atomic E-state index is 10.8. The first-order valence-corrected chi connectivity index (χ1v) is 5.55. The van der Waals surface area contributed by atoms with E-state index in [1.807, 2.05) is 6.07 Å². The molecule has 0 saturated carbocycles. The third kappa shape index (κ3) is 3.15. The quantitative estimate of drug-likeness (QED) is 0.653. The van der Waals surface area contributed by atoms with Crippen LogP contribution in [0.4, 0.5) is 11.6 Å². The van der Waals surface area contributed by atoms with Crippen LogP contribution in [-0.2, 0) is 6.61 Å².